The molecule has 0 spiro atoms. The van der Waals surface area contributed by atoms with E-state index in [9.17, 15) is 22.8 Å². The highest BCUT2D eigenvalue weighted by atomic mass is 32.1. The standard InChI is InChI=1S/C15H8F3N3O3S/c16-15(17,18)12(22)11-10(9-2-1-7-24-9)20-14(25-11)21-13(23)8-3-5-19-6-4-8/h1-7H,(H,20,21,23). The number of pyridine rings is 1. The number of carbonyl (C=O) groups is 2. The normalized spacial score (nSPS) is 11.3. The number of halogens is 3. The van der Waals surface area contributed by atoms with Crippen molar-refractivity contribution in [3.8, 4) is 11.5 Å². The van der Waals surface area contributed by atoms with Gasteiger partial charge in [-0.1, -0.05) is 11.3 Å². The number of nitrogens with zero attached hydrogens (tertiary/aromatic N) is 2. The summed E-state index contributed by atoms with van der Waals surface area (Å²) < 4.78 is 43.4. The molecule has 0 aromatic carbocycles. The highest BCUT2D eigenvalue weighted by Gasteiger charge is 2.42. The molecule has 0 fully saturated rings. The first-order valence-electron chi connectivity index (χ1n) is 6.74. The Morgan fingerprint density at radius 3 is 2.48 bits per heavy atom. The van der Waals surface area contributed by atoms with Gasteiger partial charge in [-0.15, -0.1) is 0 Å². The second-order valence-electron chi connectivity index (χ2n) is 4.69. The Morgan fingerprint density at radius 2 is 1.88 bits per heavy atom. The molecule has 0 aliphatic carbocycles. The molecule has 0 unspecified atom stereocenters. The molecule has 128 valence electrons. The first-order valence-corrected chi connectivity index (χ1v) is 7.55. The van der Waals surface area contributed by atoms with Crippen LogP contribution in [-0.4, -0.2) is 27.8 Å². The number of ketones is 1. The summed E-state index contributed by atoms with van der Waals surface area (Å²) in [5.41, 5.74) is -0.0317. The zero-order valence-electron chi connectivity index (χ0n) is 12.2. The lowest BCUT2D eigenvalue weighted by atomic mass is 10.2. The van der Waals surface area contributed by atoms with Gasteiger partial charge in [-0.3, -0.25) is 19.9 Å². The average molecular weight is 367 g/mol. The number of aromatic nitrogens is 2. The summed E-state index contributed by atoms with van der Waals surface area (Å²) in [6.45, 7) is 0. The fourth-order valence-electron chi connectivity index (χ4n) is 1.91. The maximum Gasteiger partial charge on any atom is 0.455 e. The Morgan fingerprint density at radius 1 is 1.16 bits per heavy atom. The summed E-state index contributed by atoms with van der Waals surface area (Å²) in [5, 5.41) is 2.21. The molecular formula is C15H8F3N3O3S. The minimum absolute atomic E-state index is 0.00624. The van der Waals surface area contributed by atoms with Gasteiger partial charge >= 0.3 is 6.18 Å². The molecule has 6 nitrogen and oxygen atoms in total. The van der Waals surface area contributed by atoms with Crippen molar-refractivity contribution in [1.82, 2.24) is 9.97 Å². The Bertz CT molecular complexity index is 905. The van der Waals surface area contributed by atoms with Crippen LogP contribution < -0.4 is 5.32 Å². The predicted octanol–water partition coefficient (Wildman–Crippen LogP) is 3.80. The molecule has 0 radical (unpaired) electrons. The number of Topliss-reactive ketones (excluding diaryl/α,β-unsaturated/α-hetero) is 1. The van der Waals surface area contributed by atoms with E-state index in [1.165, 1.54) is 42.9 Å². The molecule has 0 saturated heterocycles. The number of nitrogens with one attached hydrogen (secondary N) is 1. The van der Waals surface area contributed by atoms with Crippen LogP contribution >= 0.6 is 11.3 Å². The van der Waals surface area contributed by atoms with Crippen molar-refractivity contribution in [2.75, 3.05) is 5.32 Å². The number of carbonyl (C=O) groups excluding carboxylic acids is 2. The number of furan rings is 1. The lowest BCUT2D eigenvalue weighted by Gasteiger charge is -2.03. The number of hydrogen-bond donors (Lipinski definition) is 1. The van der Waals surface area contributed by atoms with Crippen molar-refractivity contribution in [3.63, 3.8) is 0 Å². The van der Waals surface area contributed by atoms with Crippen LogP contribution in [0.4, 0.5) is 18.3 Å². The van der Waals surface area contributed by atoms with E-state index in [1.807, 2.05) is 0 Å². The Labute approximate surface area is 142 Å². The van der Waals surface area contributed by atoms with Gasteiger partial charge in [0.15, 0.2) is 10.9 Å². The fourth-order valence-corrected chi connectivity index (χ4v) is 2.83. The van der Waals surface area contributed by atoms with E-state index in [1.54, 1.807) is 0 Å². The maximum atomic E-state index is 12.8. The third-order valence-corrected chi connectivity index (χ3v) is 3.98. The molecule has 3 heterocycles. The van der Waals surface area contributed by atoms with Crippen LogP contribution in [0.1, 0.15) is 20.0 Å². The quantitative estimate of drug-likeness (QED) is 0.709. The van der Waals surface area contributed by atoms with Gasteiger partial charge in [-0.2, -0.15) is 13.2 Å². The van der Waals surface area contributed by atoms with E-state index >= 15 is 0 Å². The van der Waals surface area contributed by atoms with Gasteiger partial charge < -0.3 is 4.42 Å². The number of anilines is 1. The predicted molar refractivity (Wildman–Crippen MR) is 82.4 cm³/mol. The van der Waals surface area contributed by atoms with Crippen molar-refractivity contribution >= 4 is 28.2 Å². The van der Waals surface area contributed by atoms with Gasteiger partial charge in [0.1, 0.15) is 10.6 Å². The lowest BCUT2D eigenvalue weighted by Crippen LogP contribution is -2.22. The first-order chi connectivity index (χ1) is 11.9. The SMILES string of the molecule is O=C(Nc1nc(-c2ccco2)c(C(=O)C(F)(F)F)s1)c1ccncc1. The molecule has 0 bridgehead atoms. The van der Waals surface area contributed by atoms with Crippen LogP contribution in [0.25, 0.3) is 11.5 Å². The number of thiazole rings is 1. The summed E-state index contributed by atoms with van der Waals surface area (Å²) in [6, 6.07) is 5.68. The summed E-state index contributed by atoms with van der Waals surface area (Å²) in [5.74, 6) is -2.65. The third kappa shape index (κ3) is 3.58. The van der Waals surface area contributed by atoms with Crippen LogP contribution in [0.3, 0.4) is 0 Å². The van der Waals surface area contributed by atoms with Crippen molar-refractivity contribution < 1.29 is 27.2 Å². The van der Waals surface area contributed by atoms with Crippen molar-refractivity contribution in [2.24, 2.45) is 0 Å². The largest absolute Gasteiger partial charge is 0.463 e. The third-order valence-electron chi connectivity index (χ3n) is 3.01. The maximum absolute atomic E-state index is 12.8. The van der Waals surface area contributed by atoms with E-state index in [2.05, 4.69) is 15.3 Å². The van der Waals surface area contributed by atoms with Crippen LogP contribution in [-0.2, 0) is 0 Å². The molecule has 25 heavy (non-hydrogen) atoms. The van der Waals surface area contributed by atoms with Gasteiger partial charge in [0, 0.05) is 18.0 Å². The molecule has 3 aromatic rings. The molecule has 10 heteroatoms. The molecular weight excluding hydrogens is 359 g/mol. The molecule has 1 amide bonds. The topological polar surface area (TPSA) is 85.1 Å². The van der Waals surface area contributed by atoms with Gasteiger partial charge in [0.05, 0.1) is 6.26 Å². The van der Waals surface area contributed by atoms with E-state index in [0.29, 0.717) is 11.3 Å². The molecule has 0 saturated carbocycles. The molecule has 1 N–H and O–H groups in total. The summed E-state index contributed by atoms with van der Waals surface area (Å²) in [6.07, 6.45) is -1.04. The van der Waals surface area contributed by atoms with Gasteiger partial charge in [0.2, 0.25) is 0 Å². The molecule has 3 aromatic heterocycles. The highest BCUT2D eigenvalue weighted by Crippen LogP contribution is 2.35. The monoisotopic (exact) mass is 367 g/mol. The van der Waals surface area contributed by atoms with Crippen molar-refractivity contribution in [3.05, 3.63) is 53.4 Å². The zero-order chi connectivity index (χ0) is 18.0. The number of hydrogen-bond acceptors (Lipinski definition) is 6. The van der Waals surface area contributed by atoms with Crippen molar-refractivity contribution in [2.45, 2.75) is 6.18 Å². The van der Waals surface area contributed by atoms with E-state index < -0.39 is 22.7 Å². The summed E-state index contributed by atoms with van der Waals surface area (Å²) >= 11 is 0.427. The summed E-state index contributed by atoms with van der Waals surface area (Å²) in [4.78, 5) is 30.7. The Kier molecular flexibility index (Phi) is 4.36. The number of alkyl halides is 3. The highest BCUT2D eigenvalue weighted by molar-refractivity contribution is 7.18. The first kappa shape index (κ1) is 16.8. The van der Waals surface area contributed by atoms with Crippen LogP contribution in [0.2, 0.25) is 0 Å². The minimum Gasteiger partial charge on any atom is -0.463 e. The van der Waals surface area contributed by atoms with Gasteiger partial charge in [0.25, 0.3) is 11.7 Å². The molecule has 0 aliphatic rings. The van der Waals surface area contributed by atoms with Crippen LogP contribution in [0, 0.1) is 0 Å². The zero-order valence-corrected chi connectivity index (χ0v) is 13.0. The minimum atomic E-state index is -5.07. The van der Waals surface area contributed by atoms with Crippen LogP contribution in [0.15, 0.2) is 47.3 Å². The van der Waals surface area contributed by atoms with E-state index in [4.69, 9.17) is 4.42 Å². The molecule has 0 atom stereocenters. The molecule has 3 rings (SSSR count). The Hall–Kier alpha value is -3.01. The van der Waals surface area contributed by atoms with Gasteiger partial charge in [-0.25, -0.2) is 4.98 Å². The number of amides is 1. The number of rotatable bonds is 4. The molecule has 0 aliphatic heterocycles. The van der Waals surface area contributed by atoms with Crippen LogP contribution in [0.5, 0.6) is 0 Å². The second-order valence-corrected chi connectivity index (χ2v) is 5.69. The lowest BCUT2D eigenvalue weighted by molar-refractivity contribution is -0.0882. The van der Waals surface area contributed by atoms with E-state index in [0.717, 1.165) is 0 Å². The Balaban J connectivity index is 1.96. The average Bonchev–Trinajstić information content (AvgIpc) is 3.23. The van der Waals surface area contributed by atoms with E-state index in [-0.39, 0.29) is 22.1 Å². The summed E-state index contributed by atoms with van der Waals surface area (Å²) in [7, 11) is 0. The van der Waals surface area contributed by atoms with Gasteiger partial charge in [-0.05, 0) is 24.3 Å². The smallest absolute Gasteiger partial charge is 0.455 e. The second kappa shape index (κ2) is 6.48. The fraction of sp³-hybridized carbons (Fsp3) is 0.0667. The van der Waals surface area contributed by atoms with Crippen molar-refractivity contribution in [1.29, 1.82) is 0 Å².